The van der Waals surface area contributed by atoms with E-state index in [1.165, 1.54) is 24.0 Å². The fraction of sp³-hybridized carbons (Fsp3) is 0.333. The zero-order valence-electron chi connectivity index (χ0n) is 11.8. The second-order valence-electron chi connectivity index (χ2n) is 4.94. The van der Waals surface area contributed by atoms with Crippen molar-refractivity contribution in [2.45, 2.75) is 17.4 Å². The molecule has 1 unspecified atom stereocenters. The van der Waals surface area contributed by atoms with E-state index in [4.69, 9.17) is 0 Å². The Morgan fingerprint density at radius 3 is 2.52 bits per heavy atom. The molecule has 0 amide bonds. The molecular weight excluding hydrogens is 306 g/mol. The summed E-state index contributed by atoms with van der Waals surface area (Å²) in [5.74, 6) is 0. The maximum absolute atomic E-state index is 11.4. The summed E-state index contributed by atoms with van der Waals surface area (Å²) in [5, 5.41) is 17.4. The van der Waals surface area contributed by atoms with Crippen molar-refractivity contribution in [3.63, 3.8) is 0 Å². The molecule has 0 aliphatic heterocycles. The van der Waals surface area contributed by atoms with Gasteiger partial charge in [0, 0.05) is 12.8 Å². The molecule has 0 spiro atoms. The van der Waals surface area contributed by atoms with E-state index in [0.717, 1.165) is 13.0 Å². The minimum Gasteiger partial charge on any atom is -0.387 e. The maximum atomic E-state index is 11.4. The van der Waals surface area contributed by atoms with E-state index < -0.39 is 15.9 Å². The number of nitrogens with one attached hydrogen (secondary N) is 1. The van der Waals surface area contributed by atoms with Crippen molar-refractivity contribution in [2.24, 2.45) is 0 Å². The highest BCUT2D eigenvalue weighted by Gasteiger charge is 2.10. The minimum absolute atomic E-state index is 0.267. The van der Waals surface area contributed by atoms with E-state index in [1.54, 1.807) is 23.5 Å². The Balaban J connectivity index is 1.81. The zero-order chi connectivity index (χ0) is 15.3. The summed E-state index contributed by atoms with van der Waals surface area (Å²) >= 11 is 1.68. The average Bonchev–Trinajstić information content (AvgIpc) is 2.96. The lowest BCUT2D eigenvalue weighted by molar-refractivity contribution is 0.175. The molecule has 0 bridgehead atoms. The molecule has 0 aliphatic carbocycles. The Morgan fingerprint density at radius 2 is 1.95 bits per heavy atom. The number of hydrogen-bond acceptors (Lipinski definition) is 5. The van der Waals surface area contributed by atoms with Gasteiger partial charge < -0.3 is 10.4 Å². The molecule has 0 saturated carbocycles. The van der Waals surface area contributed by atoms with E-state index in [9.17, 15) is 13.5 Å². The smallest absolute Gasteiger partial charge is 0.175 e. The third kappa shape index (κ3) is 4.93. The van der Waals surface area contributed by atoms with Crippen molar-refractivity contribution >= 4 is 21.2 Å². The molecule has 0 fully saturated rings. The molecule has 2 aromatic rings. The number of benzene rings is 1. The maximum Gasteiger partial charge on any atom is 0.175 e. The first-order valence-corrected chi connectivity index (χ1v) is 9.50. The predicted octanol–water partition coefficient (Wildman–Crippen LogP) is 2.02. The monoisotopic (exact) mass is 325 g/mol. The molecule has 1 aromatic carbocycles. The summed E-state index contributed by atoms with van der Waals surface area (Å²) in [6, 6.07) is 8.45. The fourth-order valence-corrected chi connectivity index (χ4v) is 3.30. The van der Waals surface area contributed by atoms with Crippen molar-refractivity contribution in [1.82, 2.24) is 5.32 Å². The van der Waals surface area contributed by atoms with Crippen molar-refractivity contribution in [1.29, 1.82) is 0 Å². The number of sulfone groups is 1. The number of rotatable bonds is 7. The van der Waals surface area contributed by atoms with Crippen LogP contribution >= 0.6 is 11.3 Å². The van der Waals surface area contributed by atoms with Gasteiger partial charge in [-0.1, -0.05) is 12.1 Å². The Hall–Kier alpha value is -1.21. The highest BCUT2D eigenvalue weighted by molar-refractivity contribution is 7.90. The summed E-state index contributed by atoms with van der Waals surface area (Å²) in [7, 11) is -3.19. The van der Waals surface area contributed by atoms with Crippen molar-refractivity contribution in [3.05, 3.63) is 52.2 Å². The van der Waals surface area contributed by atoms with Gasteiger partial charge in [-0.25, -0.2) is 8.42 Å². The lowest BCUT2D eigenvalue weighted by Gasteiger charge is -2.12. The molecule has 114 valence electrons. The van der Waals surface area contributed by atoms with Crippen LogP contribution in [0.4, 0.5) is 0 Å². The van der Waals surface area contributed by atoms with Gasteiger partial charge in [0.05, 0.1) is 11.0 Å². The van der Waals surface area contributed by atoms with Gasteiger partial charge in [0.25, 0.3) is 0 Å². The van der Waals surface area contributed by atoms with Crippen LogP contribution < -0.4 is 5.32 Å². The summed E-state index contributed by atoms with van der Waals surface area (Å²) in [6.07, 6.45) is 1.47. The first kappa shape index (κ1) is 16.2. The highest BCUT2D eigenvalue weighted by atomic mass is 32.2. The normalized spacial score (nSPS) is 13.2. The third-order valence-electron chi connectivity index (χ3n) is 3.20. The van der Waals surface area contributed by atoms with Crippen LogP contribution in [-0.2, 0) is 16.3 Å². The Morgan fingerprint density at radius 1 is 1.24 bits per heavy atom. The van der Waals surface area contributed by atoms with Crippen molar-refractivity contribution < 1.29 is 13.5 Å². The van der Waals surface area contributed by atoms with Gasteiger partial charge >= 0.3 is 0 Å². The second-order valence-corrected chi connectivity index (χ2v) is 7.74. The van der Waals surface area contributed by atoms with Crippen LogP contribution in [0.1, 0.15) is 17.2 Å². The molecule has 0 saturated heterocycles. The zero-order valence-corrected chi connectivity index (χ0v) is 13.5. The molecule has 1 atom stereocenters. The summed E-state index contributed by atoms with van der Waals surface area (Å²) in [4.78, 5) is 0.267. The fourth-order valence-electron chi connectivity index (χ4n) is 1.96. The quantitative estimate of drug-likeness (QED) is 0.764. The van der Waals surface area contributed by atoms with Gasteiger partial charge in [-0.3, -0.25) is 0 Å². The summed E-state index contributed by atoms with van der Waals surface area (Å²) in [5.41, 5.74) is 2.00. The highest BCUT2D eigenvalue weighted by Crippen LogP contribution is 2.16. The Kier molecular flexibility index (Phi) is 5.52. The van der Waals surface area contributed by atoms with Gasteiger partial charge in [-0.05, 0) is 53.1 Å². The van der Waals surface area contributed by atoms with E-state index in [1.807, 2.05) is 5.38 Å². The molecule has 2 rings (SSSR count). The van der Waals surface area contributed by atoms with Crippen LogP contribution in [0, 0.1) is 0 Å². The molecule has 1 aromatic heterocycles. The van der Waals surface area contributed by atoms with Crippen molar-refractivity contribution in [3.8, 4) is 0 Å². The van der Waals surface area contributed by atoms with Gasteiger partial charge in [0.2, 0.25) is 0 Å². The van der Waals surface area contributed by atoms with E-state index >= 15 is 0 Å². The van der Waals surface area contributed by atoms with Crippen LogP contribution in [0.3, 0.4) is 0 Å². The van der Waals surface area contributed by atoms with Gasteiger partial charge in [-0.2, -0.15) is 11.3 Å². The number of thiophene rings is 1. The molecule has 0 aliphatic rings. The van der Waals surface area contributed by atoms with E-state index in [2.05, 4.69) is 16.8 Å². The summed E-state index contributed by atoms with van der Waals surface area (Å²) < 4.78 is 22.7. The molecule has 1 heterocycles. The number of aliphatic hydroxyl groups excluding tert-OH is 1. The third-order valence-corrected chi connectivity index (χ3v) is 5.06. The van der Waals surface area contributed by atoms with Crippen LogP contribution in [0.5, 0.6) is 0 Å². The van der Waals surface area contributed by atoms with Gasteiger partial charge in [0.15, 0.2) is 9.84 Å². The van der Waals surface area contributed by atoms with E-state index in [-0.39, 0.29) is 4.90 Å². The lowest BCUT2D eigenvalue weighted by atomic mass is 10.1. The Bertz CT molecular complexity index is 649. The molecule has 0 radical (unpaired) electrons. The standard InChI is InChI=1S/C15H19NO3S2/c1-21(18,19)14-4-2-13(3-5-14)15(17)10-16-8-6-12-7-9-20-11-12/h2-5,7,9,11,15-17H,6,8,10H2,1H3. The van der Waals surface area contributed by atoms with Crippen LogP contribution in [-0.4, -0.2) is 32.9 Å². The van der Waals surface area contributed by atoms with E-state index in [0.29, 0.717) is 12.1 Å². The summed E-state index contributed by atoms with van der Waals surface area (Å²) in [6.45, 7) is 1.25. The van der Waals surface area contributed by atoms with Crippen molar-refractivity contribution in [2.75, 3.05) is 19.3 Å². The van der Waals surface area contributed by atoms with Crippen LogP contribution in [0.15, 0.2) is 46.0 Å². The number of aliphatic hydroxyl groups is 1. The van der Waals surface area contributed by atoms with Crippen LogP contribution in [0.25, 0.3) is 0 Å². The molecule has 4 nitrogen and oxygen atoms in total. The van der Waals surface area contributed by atoms with Gasteiger partial charge in [0.1, 0.15) is 0 Å². The largest absolute Gasteiger partial charge is 0.387 e. The molecule has 6 heteroatoms. The minimum atomic E-state index is -3.19. The molecule has 21 heavy (non-hydrogen) atoms. The first-order valence-electron chi connectivity index (χ1n) is 6.66. The number of hydrogen-bond donors (Lipinski definition) is 2. The molecular formula is C15H19NO3S2. The average molecular weight is 325 g/mol. The molecule has 2 N–H and O–H groups in total. The van der Waals surface area contributed by atoms with Crippen LogP contribution in [0.2, 0.25) is 0 Å². The Labute approximate surface area is 129 Å². The second kappa shape index (κ2) is 7.17. The lowest BCUT2D eigenvalue weighted by Crippen LogP contribution is -2.23. The van der Waals surface area contributed by atoms with Gasteiger partial charge in [-0.15, -0.1) is 0 Å². The first-order chi connectivity index (χ1) is 9.97. The predicted molar refractivity (Wildman–Crippen MR) is 85.4 cm³/mol. The SMILES string of the molecule is CS(=O)(=O)c1ccc(C(O)CNCCc2ccsc2)cc1. The topological polar surface area (TPSA) is 66.4 Å².